The molecule has 1 aliphatic heterocycles. The van der Waals surface area contributed by atoms with Gasteiger partial charge >= 0.3 is 0 Å². The number of hydrogen-bond donors (Lipinski definition) is 0. The van der Waals surface area contributed by atoms with Gasteiger partial charge in [0.25, 0.3) is 0 Å². The van der Waals surface area contributed by atoms with Crippen LogP contribution in [0.5, 0.6) is 0 Å². The quantitative estimate of drug-likeness (QED) is 0.344. The average molecular weight is 504 g/mol. The van der Waals surface area contributed by atoms with Crippen LogP contribution in [0.15, 0.2) is 42.0 Å². The summed E-state index contributed by atoms with van der Waals surface area (Å²) in [6.07, 6.45) is 12.6. The van der Waals surface area contributed by atoms with Crippen molar-refractivity contribution in [2.75, 3.05) is 0 Å². The van der Waals surface area contributed by atoms with Gasteiger partial charge in [0.2, 0.25) is 5.91 Å². The van der Waals surface area contributed by atoms with Crippen LogP contribution in [0.1, 0.15) is 92.8 Å². The molecule has 38 heavy (non-hydrogen) atoms. The Morgan fingerprint density at radius 3 is 2.42 bits per heavy atom. The van der Waals surface area contributed by atoms with Gasteiger partial charge in [0, 0.05) is 17.5 Å². The van der Waals surface area contributed by atoms with Crippen LogP contribution in [0.4, 0.5) is 0 Å². The molecule has 0 spiro atoms. The summed E-state index contributed by atoms with van der Waals surface area (Å²) < 4.78 is 0. The van der Waals surface area contributed by atoms with Crippen LogP contribution in [0, 0.1) is 18.8 Å². The Balaban J connectivity index is 1.59. The number of Topliss-reactive ketones (excluding diaryl/α,β-unsaturated/α-hetero) is 1. The number of allylic oxidation sites excluding steroid dienone is 1. The molecule has 3 aliphatic carbocycles. The molecule has 1 amide bonds. The van der Waals surface area contributed by atoms with E-state index in [1.807, 2.05) is 6.07 Å². The first-order valence-corrected chi connectivity index (χ1v) is 14.6. The predicted octanol–water partition coefficient (Wildman–Crippen LogP) is 7.26. The second kappa shape index (κ2) is 8.40. The van der Waals surface area contributed by atoms with Crippen molar-refractivity contribution in [3.63, 3.8) is 0 Å². The Labute approximate surface area is 225 Å². The van der Waals surface area contributed by atoms with Gasteiger partial charge in [-0.3, -0.25) is 9.59 Å². The Morgan fingerprint density at radius 1 is 1.03 bits per heavy atom. The third-order valence-corrected chi connectivity index (χ3v) is 10.3. The van der Waals surface area contributed by atoms with E-state index in [0.717, 1.165) is 29.4 Å². The van der Waals surface area contributed by atoms with Crippen molar-refractivity contribution in [1.82, 2.24) is 4.90 Å². The second-order valence-corrected chi connectivity index (χ2v) is 12.1. The van der Waals surface area contributed by atoms with Crippen LogP contribution in [-0.2, 0) is 4.79 Å². The highest BCUT2D eigenvalue weighted by Gasteiger charge is 2.52. The largest absolute Gasteiger partial charge is 0.332 e. The van der Waals surface area contributed by atoms with E-state index in [-0.39, 0.29) is 23.7 Å². The molecule has 0 aromatic heterocycles. The number of ketones is 1. The first-order valence-electron chi connectivity index (χ1n) is 14.6. The molecule has 194 valence electrons. The van der Waals surface area contributed by atoms with Gasteiger partial charge < -0.3 is 4.90 Å². The van der Waals surface area contributed by atoms with Gasteiger partial charge in [-0.15, -0.1) is 0 Å². The Bertz CT molecular complexity index is 1660. The standard InChI is InChI=1S/C35H37NO2/c1-6-22(7-2)36-34(21-9-8-10-21)28-17-19(4)30-26-12-11-18(3)29-23(20(5)37)13-14-24(31(26)29)25-15-16-27(35(36)38)32(28)33(25)30/h11-17,21-22,27,32,34H,6-10H2,1-5H3. The maximum Gasteiger partial charge on any atom is 0.231 e. The SMILES string of the molecule is CCC(CC)N1C(=O)C2C=Cc3c4c(c5ccc(C)c6c(C(C)=O)ccc3c65)=C(C)C=C(C42)C1C1CCC1. The number of carbonyl (C=O) groups is 2. The van der Waals surface area contributed by atoms with Crippen molar-refractivity contribution < 1.29 is 9.59 Å². The number of fused-ring (bicyclic) bond motifs is 2. The van der Waals surface area contributed by atoms with Crippen LogP contribution < -0.4 is 5.22 Å². The summed E-state index contributed by atoms with van der Waals surface area (Å²) in [7, 11) is 0. The van der Waals surface area contributed by atoms with Gasteiger partial charge in [-0.2, -0.15) is 0 Å². The summed E-state index contributed by atoms with van der Waals surface area (Å²) in [5.41, 5.74) is 7.31. The maximum absolute atomic E-state index is 14.4. The van der Waals surface area contributed by atoms with E-state index in [9.17, 15) is 9.59 Å². The fourth-order valence-corrected chi connectivity index (χ4v) is 8.33. The molecule has 0 radical (unpaired) electrons. The number of nitrogens with zero attached hydrogens (tertiary/aromatic N) is 1. The smallest absolute Gasteiger partial charge is 0.231 e. The van der Waals surface area contributed by atoms with E-state index in [0.29, 0.717) is 17.9 Å². The van der Waals surface area contributed by atoms with Crippen molar-refractivity contribution >= 4 is 44.9 Å². The van der Waals surface area contributed by atoms with Crippen molar-refractivity contribution in [1.29, 1.82) is 0 Å². The van der Waals surface area contributed by atoms with E-state index >= 15 is 0 Å². The highest BCUT2D eigenvalue weighted by Crippen LogP contribution is 2.53. The van der Waals surface area contributed by atoms with Crippen molar-refractivity contribution in [3.8, 4) is 0 Å². The van der Waals surface area contributed by atoms with Crippen LogP contribution in [0.25, 0.3) is 33.2 Å². The molecule has 1 saturated carbocycles. The number of carbonyl (C=O) groups excluding carboxylic acids is 2. The van der Waals surface area contributed by atoms with E-state index in [1.54, 1.807) is 6.92 Å². The highest BCUT2D eigenvalue weighted by molar-refractivity contribution is 6.21. The lowest BCUT2D eigenvalue weighted by molar-refractivity contribution is -0.144. The van der Waals surface area contributed by atoms with Crippen molar-refractivity contribution in [2.45, 2.75) is 84.7 Å². The minimum absolute atomic E-state index is 0.106. The zero-order chi connectivity index (χ0) is 26.5. The molecule has 3 aromatic carbocycles. The predicted molar refractivity (Wildman–Crippen MR) is 156 cm³/mol. The average Bonchev–Trinajstić information content (AvgIpc) is 2.88. The van der Waals surface area contributed by atoms with Gasteiger partial charge in [-0.25, -0.2) is 0 Å². The van der Waals surface area contributed by atoms with Gasteiger partial charge in [0.1, 0.15) is 0 Å². The zero-order valence-electron chi connectivity index (χ0n) is 23.2. The van der Waals surface area contributed by atoms with Crippen LogP contribution >= 0.6 is 0 Å². The number of benzene rings is 3. The zero-order valence-corrected chi connectivity index (χ0v) is 23.2. The second-order valence-electron chi connectivity index (χ2n) is 12.1. The summed E-state index contributed by atoms with van der Waals surface area (Å²) >= 11 is 0. The normalized spacial score (nSPS) is 24.3. The minimum Gasteiger partial charge on any atom is -0.332 e. The number of hydrogen-bond acceptors (Lipinski definition) is 2. The first kappa shape index (κ1) is 23.9. The molecule has 3 aromatic rings. The van der Waals surface area contributed by atoms with E-state index in [4.69, 9.17) is 0 Å². The molecule has 4 aliphatic rings. The third kappa shape index (κ3) is 2.96. The van der Waals surface area contributed by atoms with Gasteiger partial charge in [0.15, 0.2) is 5.78 Å². The number of likely N-dealkylation sites (tertiary alicyclic amines) is 1. The molecule has 0 bridgehead atoms. The summed E-state index contributed by atoms with van der Waals surface area (Å²) in [4.78, 5) is 29.4. The lowest BCUT2D eigenvalue weighted by Gasteiger charge is -2.54. The molecular formula is C35H37NO2. The van der Waals surface area contributed by atoms with Gasteiger partial charge in [0.05, 0.1) is 12.0 Å². The third-order valence-electron chi connectivity index (χ3n) is 10.3. The van der Waals surface area contributed by atoms with Crippen LogP contribution in [0.2, 0.25) is 0 Å². The highest BCUT2D eigenvalue weighted by atomic mass is 16.2. The maximum atomic E-state index is 14.4. The molecule has 7 rings (SSSR count). The summed E-state index contributed by atoms with van der Waals surface area (Å²) in [5, 5.41) is 6.00. The molecule has 3 nitrogen and oxygen atoms in total. The molecule has 3 atom stereocenters. The molecule has 0 N–H and O–H groups in total. The summed E-state index contributed by atoms with van der Waals surface area (Å²) in [6, 6.07) is 9.10. The minimum atomic E-state index is -0.140. The Morgan fingerprint density at radius 2 is 1.76 bits per heavy atom. The molecule has 3 unspecified atom stereocenters. The number of piperidine rings is 1. The first-order chi connectivity index (χ1) is 18.4. The fraction of sp³-hybridized carbons (Fsp3) is 0.429. The summed E-state index contributed by atoms with van der Waals surface area (Å²) in [6.45, 7) is 10.5. The Kier molecular flexibility index (Phi) is 5.28. The Hall–Kier alpha value is -3.20. The molecule has 1 saturated heterocycles. The van der Waals surface area contributed by atoms with Crippen molar-refractivity contribution in [3.05, 3.63) is 69.5 Å². The molecule has 3 heteroatoms. The van der Waals surface area contributed by atoms with Crippen LogP contribution in [-0.4, -0.2) is 28.7 Å². The molecular weight excluding hydrogens is 466 g/mol. The monoisotopic (exact) mass is 503 g/mol. The number of amides is 1. The lowest BCUT2D eigenvalue weighted by Crippen LogP contribution is -2.60. The van der Waals surface area contributed by atoms with Crippen LogP contribution in [0.3, 0.4) is 0 Å². The van der Waals surface area contributed by atoms with Gasteiger partial charge in [-0.05, 0) is 107 Å². The van der Waals surface area contributed by atoms with E-state index < -0.39 is 0 Å². The summed E-state index contributed by atoms with van der Waals surface area (Å²) in [5.74, 6) is 0.964. The number of rotatable bonds is 5. The number of aryl methyl sites for hydroxylation is 1. The van der Waals surface area contributed by atoms with E-state index in [1.165, 1.54) is 62.9 Å². The topological polar surface area (TPSA) is 37.4 Å². The van der Waals surface area contributed by atoms with Crippen molar-refractivity contribution in [2.24, 2.45) is 11.8 Å². The molecule has 2 fully saturated rings. The fourth-order valence-electron chi connectivity index (χ4n) is 8.33. The van der Waals surface area contributed by atoms with Gasteiger partial charge in [-0.1, -0.05) is 62.8 Å². The van der Waals surface area contributed by atoms with E-state index in [2.05, 4.69) is 69.0 Å². The lowest BCUT2D eigenvalue weighted by atomic mass is 9.61. The molecule has 1 heterocycles.